The van der Waals surface area contributed by atoms with E-state index in [1.165, 1.54) is 6.33 Å². The summed E-state index contributed by atoms with van der Waals surface area (Å²) in [6.45, 7) is 0.624. The van der Waals surface area contributed by atoms with Crippen LogP contribution in [0.15, 0.2) is 42.9 Å². The molecule has 20 heavy (non-hydrogen) atoms. The number of amides is 1. The number of hydrogen-bond donors (Lipinski definition) is 1. The zero-order valence-corrected chi connectivity index (χ0v) is 11.3. The molecule has 1 aliphatic rings. The SMILES string of the molecule is CN1C(=O)CC(NCc2ccncn2)c2ccccc21. The summed E-state index contributed by atoms with van der Waals surface area (Å²) >= 11 is 0. The van der Waals surface area contributed by atoms with Gasteiger partial charge in [-0.1, -0.05) is 18.2 Å². The van der Waals surface area contributed by atoms with E-state index in [1.807, 2.05) is 31.3 Å². The molecule has 1 N–H and O–H groups in total. The maximum absolute atomic E-state index is 12.0. The van der Waals surface area contributed by atoms with E-state index in [4.69, 9.17) is 0 Å². The highest BCUT2D eigenvalue weighted by molar-refractivity contribution is 5.96. The number of para-hydroxylation sites is 1. The van der Waals surface area contributed by atoms with Gasteiger partial charge in [0.15, 0.2) is 0 Å². The van der Waals surface area contributed by atoms with Crippen molar-refractivity contribution in [2.24, 2.45) is 0 Å². The minimum absolute atomic E-state index is 0.0323. The second kappa shape index (κ2) is 5.38. The van der Waals surface area contributed by atoms with Gasteiger partial charge in [-0.2, -0.15) is 0 Å². The van der Waals surface area contributed by atoms with E-state index in [0.29, 0.717) is 13.0 Å². The molecule has 0 saturated carbocycles. The summed E-state index contributed by atoms with van der Waals surface area (Å²) < 4.78 is 0. The molecule has 0 fully saturated rings. The van der Waals surface area contributed by atoms with Gasteiger partial charge in [0.25, 0.3) is 0 Å². The van der Waals surface area contributed by atoms with E-state index in [2.05, 4.69) is 21.4 Å². The maximum atomic E-state index is 12.0. The highest BCUT2D eigenvalue weighted by atomic mass is 16.2. The van der Waals surface area contributed by atoms with Crippen LogP contribution in [0.3, 0.4) is 0 Å². The van der Waals surface area contributed by atoms with Gasteiger partial charge < -0.3 is 10.2 Å². The summed E-state index contributed by atoms with van der Waals surface area (Å²) in [5, 5.41) is 3.41. The number of aromatic nitrogens is 2. The highest BCUT2D eigenvalue weighted by Gasteiger charge is 2.28. The molecule has 2 aromatic rings. The standard InChI is InChI=1S/C15H16N4O/c1-19-14-5-3-2-4-12(14)13(8-15(19)20)17-9-11-6-7-16-10-18-11/h2-7,10,13,17H,8-9H2,1H3. The first-order chi connectivity index (χ1) is 9.75. The van der Waals surface area contributed by atoms with Crippen LogP contribution >= 0.6 is 0 Å². The summed E-state index contributed by atoms with van der Waals surface area (Å²) in [6.07, 6.45) is 3.72. The fourth-order valence-electron chi connectivity index (χ4n) is 2.48. The third-order valence-corrected chi connectivity index (χ3v) is 3.60. The highest BCUT2D eigenvalue weighted by Crippen LogP contribution is 2.33. The number of hydrogen-bond acceptors (Lipinski definition) is 4. The quantitative estimate of drug-likeness (QED) is 0.920. The van der Waals surface area contributed by atoms with Crippen molar-refractivity contribution in [2.45, 2.75) is 19.0 Å². The molecule has 5 nitrogen and oxygen atoms in total. The minimum Gasteiger partial charge on any atom is -0.315 e. The molecule has 1 unspecified atom stereocenters. The summed E-state index contributed by atoms with van der Waals surface area (Å²) in [7, 11) is 1.82. The van der Waals surface area contributed by atoms with Crippen molar-refractivity contribution >= 4 is 11.6 Å². The Bertz CT molecular complexity index is 614. The molecule has 1 atom stereocenters. The molecule has 0 radical (unpaired) electrons. The van der Waals surface area contributed by atoms with E-state index in [9.17, 15) is 4.79 Å². The lowest BCUT2D eigenvalue weighted by molar-refractivity contribution is -0.119. The average molecular weight is 268 g/mol. The van der Waals surface area contributed by atoms with Crippen LogP contribution in [0.2, 0.25) is 0 Å². The van der Waals surface area contributed by atoms with Crippen LogP contribution in [-0.2, 0) is 11.3 Å². The Morgan fingerprint density at radius 1 is 1.35 bits per heavy atom. The van der Waals surface area contributed by atoms with Crippen molar-refractivity contribution in [1.29, 1.82) is 0 Å². The maximum Gasteiger partial charge on any atom is 0.228 e. The minimum atomic E-state index is 0.0323. The van der Waals surface area contributed by atoms with Gasteiger partial charge in [-0.15, -0.1) is 0 Å². The molecule has 1 aromatic carbocycles. The molecule has 0 spiro atoms. The second-order valence-electron chi connectivity index (χ2n) is 4.85. The summed E-state index contributed by atoms with van der Waals surface area (Å²) in [5.74, 6) is 0.129. The van der Waals surface area contributed by atoms with Gasteiger partial charge in [-0.25, -0.2) is 9.97 Å². The van der Waals surface area contributed by atoms with Crippen LogP contribution in [0.4, 0.5) is 5.69 Å². The fraction of sp³-hybridized carbons (Fsp3) is 0.267. The Kier molecular flexibility index (Phi) is 3.43. The first kappa shape index (κ1) is 12.7. The molecule has 102 valence electrons. The predicted octanol–water partition coefficient (Wildman–Crippen LogP) is 1.67. The number of carbonyl (C=O) groups is 1. The third kappa shape index (κ3) is 2.40. The summed E-state index contributed by atoms with van der Waals surface area (Å²) in [5.41, 5.74) is 3.05. The number of fused-ring (bicyclic) bond motifs is 1. The zero-order valence-electron chi connectivity index (χ0n) is 11.3. The molecule has 5 heteroatoms. The van der Waals surface area contributed by atoms with Gasteiger partial charge in [0.2, 0.25) is 5.91 Å². The number of carbonyl (C=O) groups excluding carboxylic acids is 1. The van der Waals surface area contributed by atoms with E-state index in [-0.39, 0.29) is 11.9 Å². The van der Waals surface area contributed by atoms with E-state index in [0.717, 1.165) is 16.9 Å². The largest absolute Gasteiger partial charge is 0.315 e. The van der Waals surface area contributed by atoms with Gasteiger partial charge in [0, 0.05) is 37.9 Å². The lowest BCUT2D eigenvalue weighted by atomic mass is 9.96. The topological polar surface area (TPSA) is 58.1 Å². The molecule has 1 amide bonds. The second-order valence-corrected chi connectivity index (χ2v) is 4.85. The Balaban J connectivity index is 1.80. The Labute approximate surface area is 117 Å². The Morgan fingerprint density at radius 3 is 3.00 bits per heavy atom. The normalized spacial score (nSPS) is 17.9. The van der Waals surface area contributed by atoms with E-state index in [1.54, 1.807) is 11.1 Å². The Morgan fingerprint density at radius 2 is 2.20 bits per heavy atom. The van der Waals surface area contributed by atoms with Gasteiger partial charge in [0.05, 0.1) is 5.69 Å². The smallest absolute Gasteiger partial charge is 0.228 e. The van der Waals surface area contributed by atoms with Crippen molar-refractivity contribution in [2.75, 3.05) is 11.9 Å². The number of nitrogens with zero attached hydrogens (tertiary/aromatic N) is 3. The van der Waals surface area contributed by atoms with Gasteiger partial charge >= 0.3 is 0 Å². The van der Waals surface area contributed by atoms with Crippen LogP contribution in [0, 0.1) is 0 Å². The molecule has 3 rings (SSSR count). The summed E-state index contributed by atoms with van der Waals surface area (Å²) in [4.78, 5) is 21.8. The van der Waals surface area contributed by atoms with E-state index < -0.39 is 0 Å². The molecule has 1 aliphatic heterocycles. The number of nitrogens with one attached hydrogen (secondary N) is 1. The molecular formula is C15H16N4O. The lowest BCUT2D eigenvalue weighted by Crippen LogP contribution is -2.37. The van der Waals surface area contributed by atoms with Crippen LogP contribution in [-0.4, -0.2) is 22.9 Å². The van der Waals surface area contributed by atoms with Crippen molar-refractivity contribution in [3.05, 3.63) is 54.1 Å². The van der Waals surface area contributed by atoms with Crippen molar-refractivity contribution in [1.82, 2.24) is 15.3 Å². The number of rotatable bonds is 3. The van der Waals surface area contributed by atoms with Gasteiger partial charge in [-0.3, -0.25) is 4.79 Å². The molecule has 0 saturated heterocycles. The number of anilines is 1. The lowest BCUT2D eigenvalue weighted by Gasteiger charge is -2.32. The molecule has 1 aromatic heterocycles. The summed E-state index contributed by atoms with van der Waals surface area (Å²) in [6, 6.07) is 9.90. The molecule has 0 bridgehead atoms. The third-order valence-electron chi connectivity index (χ3n) is 3.60. The fourth-order valence-corrected chi connectivity index (χ4v) is 2.48. The van der Waals surface area contributed by atoms with Crippen LogP contribution in [0.25, 0.3) is 0 Å². The molecule has 0 aliphatic carbocycles. The zero-order chi connectivity index (χ0) is 13.9. The monoisotopic (exact) mass is 268 g/mol. The first-order valence-corrected chi connectivity index (χ1v) is 6.59. The van der Waals surface area contributed by atoms with Crippen LogP contribution in [0.5, 0.6) is 0 Å². The molecular weight excluding hydrogens is 252 g/mol. The predicted molar refractivity (Wildman–Crippen MR) is 76.1 cm³/mol. The van der Waals surface area contributed by atoms with Crippen LogP contribution < -0.4 is 10.2 Å². The first-order valence-electron chi connectivity index (χ1n) is 6.59. The average Bonchev–Trinajstić information content (AvgIpc) is 2.50. The van der Waals surface area contributed by atoms with Crippen molar-refractivity contribution in [3.63, 3.8) is 0 Å². The van der Waals surface area contributed by atoms with Gasteiger partial charge in [0.1, 0.15) is 6.33 Å². The van der Waals surface area contributed by atoms with Crippen molar-refractivity contribution in [3.8, 4) is 0 Å². The van der Waals surface area contributed by atoms with Gasteiger partial charge in [-0.05, 0) is 17.7 Å². The van der Waals surface area contributed by atoms with E-state index >= 15 is 0 Å². The van der Waals surface area contributed by atoms with Crippen LogP contribution in [0.1, 0.15) is 23.7 Å². The molecule has 2 heterocycles. The number of benzene rings is 1. The Hall–Kier alpha value is -2.27. The van der Waals surface area contributed by atoms with Crippen molar-refractivity contribution < 1.29 is 4.79 Å².